The van der Waals surface area contributed by atoms with Gasteiger partial charge >= 0.3 is 0 Å². The number of rotatable bonds is 3. The van der Waals surface area contributed by atoms with Crippen LogP contribution in [0.3, 0.4) is 0 Å². The van der Waals surface area contributed by atoms with Gasteiger partial charge in [0.05, 0.1) is 6.10 Å². The summed E-state index contributed by atoms with van der Waals surface area (Å²) >= 11 is 0. The Morgan fingerprint density at radius 2 is 2.26 bits per heavy atom. The van der Waals surface area contributed by atoms with Gasteiger partial charge in [0.25, 0.3) is 0 Å². The number of hydrogen-bond acceptors (Lipinski definition) is 6. The van der Waals surface area contributed by atoms with Gasteiger partial charge in [-0.15, -0.1) is 0 Å². The number of anilines is 1. The molecule has 2 unspecified atom stereocenters. The standard InChI is InChI=1S/C11H18N4O3S/c1-8-7-15(5-4-10(8)16)19(17,18)9-2-3-11(14-12)13-6-9/h2-3,6,8,10,16H,4-5,7,12H2,1H3,(H,13,14). The maximum absolute atomic E-state index is 12.4. The van der Waals surface area contributed by atoms with E-state index in [1.54, 1.807) is 0 Å². The van der Waals surface area contributed by atoms with Gasteiger partial charge in [0.15, 0.2) is 0 Å². The van der Waals surface area contributed by atoms with Crippen molar-refractivity contribution in [2.45, 2.75) is 24.3 Å². The van der Waals surface area contributed by atoms with Crippen molar-refractivity contribution in [2.75, 3.05) is 18.5 Å². The van der Waals surface area contributed by atoms with E-state index in [-0.39, 0.29) is 10.8 Å². The molecule has 1 aliphatic rings. The predicted molar refractivity (Wildman–Crippen MR) is 70.6 cm³/mol. The van der Waals surface area contributed by atoms with Crippen molar-refractivity contribution in [3.63, 3.8) is 0 Å². The van der Waals surface area contributed by atoms with E-state index in [2.05, 4.69) is 10.4 Å². The second-order valence-corrected chi connectivity index (χ2v) is 6.66. The number of pyridine rings is 1. The number of nitrogens with two attached hydrogens (primary N) is 1. The number of sulfonamides is 1. The van der Waals surface area contributed by atoms with Crippen molar-refractivity contribution >= 4 is 15.8 Å². The summed E-state index contributed by atoms with van der Waals surface area (Å²) in [6.07, 6.45) is 1.30. The van der Waals surface area contributed by atoms with E-state index in [1.807, 2.05) is 6.92 Å². The Kier molecular flexibility index (Phi) is 4.04. The molecule has 1 fully saturated rings. The second-order valence-electron chi connectivity index (χ2n) is 4.72. The minimum Gasteiger partial charge on any atom is -0.393 e. The summed E-state index contributed by atoms with van der Waals surface area (Å²) in [5, 5.41) is 9.64. The van der Waals surface area contributed by atoms with Crippen molar-refractivity contribution in [3.05, 3.63) is 18.3 Å². The number of nitrogens with zero attached hydrogens (tertiary/aromatic N) is 2. The van der Waals surface area contributed by atoms with Crippen LogP contribution < -0.4 is 11.3 Å². The molecular formula is C11H18N4O3S. The molecule has 1 aromatic heterocycles. The molecule has 4 N–H and O–H groups in total. The molecule has 0 bridgehead atoms. The van der Waals surface area contributed by atoms with Crippen LogP contribution in [-0.2, 0) is 10.0 Å². The Hall–Kier alpha value is -1.22. The molecule has 106 valence electrons. The lowest BCUT2D eigenvalue weighted by Gasteiger charge is -2.33. The van der Waals surface area contributed by atoms with Gasteiger partial charge < -0.3 is 10.5 Å². The summed E-state index contributed by atoms with van der Waals surface area (Å²) in [5.74, 6) is 5.52. The van der Waals surface area contributed by atoms with Gasteiger partial charge in [0.1, 0.15) is 10.7 Å². The van der Waals surface area contributed by atoms with E-state index < -0.39 is 16.1 Å². The number of aromatic nitrogens is 1. The van der Waals surface area contributed by atoms with Gasteiger partial charge in [-0.2, -0.15) is 4.31 Å². The summed E-state index contributed by atoms with van der Waals surface area (Å²) in [6.45, 7) is 2.48. The van der Waals surface area contributed by atoms with E-state index in [0.29, 0.717) is 25.3 Å². The zero-order valence-electron chi connectivity index (χ0n) is 10.7. The molecule has 2 heterocycles. The van der Waals surface area contributed by atoms with Crippen molar-refractivity contribution in [1.82, 2.24) is 9.29 Å². The number of nitrogens with one attached hydrogen (secondary N) is 1. The van der Waals surface area contributed by atoms with Gasteiger partial charge in [0, 0.05) is 19.3 Å². The van der Waals surface area contributed by atoms with Crippen LogP contribution in [0.15, 0.2) is 23.2 Å². The summed E-state index contributed by atoms with van der Waals surface area (Å²) in [6, 6.07) is 2.97. The molecular weight excluding hydrogens is 268 g/mol. The number of hydrazine groups is 1. The van der Waals surface area contributed by atoms with Crippen molar-refractivity contribution in [3.8, 4) is 0 Å². The van der Waals surface area contributed by atoms with Crippen LogP contribution in [-0.4, -0.2) is 42.0 Å². The molecule has 8 heteroatoms. The highest BCUT2D eigenvalue weighted by atomic mass is 32.2. The van der Waals surface area contributed by atoms with Gasteiger partial charge in [0.2, 0.25) is 10.0 Å². The number of aliphatic hydroxyl groups is 1. The maximum atomic E-state index is 12.4. The number of hydrogen-bond donors (Lipinski definition) is 3. The lowest BCUT2D eigenvalue weighted by molar-refractivity contribution is 0.0628. The highest BCUT2D eigenvalue weighted by Gasteiger charge is 2.32. The highest BCUT2D eigenvalue weighted by Crippen LogP contribution is 2.23. The first-order valence-electron chi connectivity index (χ1n) is 6.06. The Balaban J connectivity index is 2.21. The summed E-state index contributed by atoms with van der Waals surface area (Å²) in [5.41, 5.74) is 2.35. The summed E-state index contributed by atoms with van der Waals surface area (Å²) < 4.78 is 26.2. The zero-order valence-corrected chi connectivity index (χ0v) is 11.5. The largest absolute Gasteiger partial charge is 0.393 e. The summed E-state index contributed by atoms with van der Waals surface area (Å²) in [4.78, 5) is 4.04. The topological polar surface area (TPSA) is 109 Å². The van der Waals surface area contributed by atoms with E-state index in [0.717, 1.165) is 0 Å². The summed E-state index contributed by atoms with van der Waals surface area (Å²) in [7, 11) is -3.55. The molecule has 0 saturated carbocycles. The first kappa shape index (κ1) is 14.2. The molecule has 1 aliphatic heterocycles. The van der Waals surface area contributed by atoms with Crippen molar-refractivity contribution in [1.29, 1.82) is 0 Å². The third-order valence-electron chi connectivity index (χ3n) is 3.34. The molecule has 0 amide bonds. The molecule has 0 aromatic carbocycles. The SMILES string of the molecule is CC1CN(S(=O)(=O)c2ccc(NN)nc2)CCC1O. The van der Waals surface area contributed by atoms with Crippen LogP contribution >= 0.6 is 0 Å². The lowest BCUT2D eigenvalue weighted by Crippen LogP contribution is -2.44. The fourth-order valence-corrected chi connectivity index (χ4v) is 3.58. The van der Waals surface area contributed by atoms with E-state index in [9.17, 15) is 13.5 Å². The van der Waals surface area contributed by atoms with E-state index >= 15 is 0 Å². The number of aliphatic hydroxyl groups excluding tert-OH is 1. The van der Waals surface area contributed by atoms with E-state index in [4.69, 9.17) is 5.84 Å². The molecule has 1 saturated heterocycles. The second kappa shape index (κ2) is 5.41. The molecule has 0 spiro atoms. The van der Waals surface area contributed by atoms with Crippen LogP contribution in [0.2, 0.25) is 0 Å². The third-order valence-corrected chi connectivity index (χ3v) is 5.19. The Bertz CT molecular complexity index is 531. The molecule has 0 radical (unpaired) electrons. The normalized spacial score (nSPS) is 25.2. The lowest BCUT2D eigenvalue weighted by atomic mass is 9.99. The first-order valence-corrected chi connectivity index (χ1v) is 7.50. The molecule has 7 nitrogen and oxygen atoms in total. The smallest absolute Gasteiger partial charge is 0.244 e. The quantitative estimate of drug-likeness (QED) is 0.522. The van der Waals surface area contributed by atoms with Crippen LogP contribution in [0, 0.1) is 5.92 Å². The fourth-order valence-electron chi connectivity index (χ4n) is 2.08. The van der Waals surface area contributed by atoms with Crippen LogP contribution in [0.25, 0.3) is 0 Å². The Morgan fingerprint density at radius 3 is 2.79 bits per heavy atom. The average molecular weight is 286 g/mol. The molecule has 2 rings (SSSR count). The number of piperidine rings is 1. The van der Waals surface area contributed by atoms with Crippen LogP contribution in [0.4, 0.5) is 5.82 Å². The molecule has 0 aliphatic carbocycles. The predicted octanol–water partition coefficient (Wildman–Crippen LogP) is -0.241. The van der Waals surface area contributed by atoms with Gasteiger partial charge in [-0.3, -0.25) is 0 Å². The third kappa shape index (κ3) is 2.86. The number of nitrogen functional groups attached to an aromatic ring is 1. The average Bonchev–Trinajstić information content (AvgIpc) is 2.41. The molecule has 1 aromatic rings. The van der Waals surface area contributed by atoms with E-state index in [1.165, 1.54) is 22.6 Å². The van der Waals surface area contributed by atoms with Crippen LogP contribution in [0.1, 0.15) is 13.3 Å². The Morgan fingerprint density at radius 1 is 1.53 bits per heavy atom. The molecule has 2 atom stereocenters. The van der Waals surface area contributed by atoms with Gasteiger partial charge in [-0.25, -0.2) is 19.2 Å². The minimum atomic E-state index is -3.55. The highest BCUT2D eigenvalue weighted by molar-refractivity contribution is 7.89. The van der Waals surface area contributed by atoms with Crippen molar-refractivity contribution < 1.29 is 13.5 Å². The Labute approximate surface area is 112 Å². The molecule has 19 heavy (non-hydrogen) atoms. The van der Waals surface area contributed by atoms with Gasteiger partial charge in [-0.1, -0.05) is 6.92 Å². The first-order chi connectivity index (χ1) is 8.95. The maximum Gasteiger partial charge on any atom is 0.244 e. The van der Waals surface area contributed by atoms with Crippen LogP contribution in [0.5, 0.6) is 0 Å². The van der Waals surface area contributed by atoms with Crippen molar-refractivity contribution in [2.24, 2.45) is 11.8 Å². The van der Waals surface area contributed by atoms with Gasteiger partial charge in [-0.05, 0) is 24.5 Å². The monoisotopic (exact) mass is 286 g/mol. The minimum absolute atomic E-state index is 0.0681. The fraction of sp³-hybridized carbons (Fsp3) is 0.545. The zero-order chi connectivity index (χ0) is 14.0.